The molecule has 0 fully saturated rings. The van der Waals surface area contributed by atoms with Crippen molar-refractivity contribution in [1.29, 1.82) is 0 Å². The molecule has 0 N–H and O–H groups in total. The van der Waals surface area contributed by atoms with E-state index in [-0.39, 0.29) is 5.41 Å². The van der Waals surface area contributed by atoms with Gasteiger partial charge in [0, 0.05) is 22.5 Å². The Balaban J connectivity index is 1.11. The maximum absolute atomic E-state index is 2.51. The van der Waals surface area contributed by atoms with Crippen LogP contribution in [0.5, 0.6) is 0 Å². The molecular formula is C54H43N. The Hall–Kier alpha value is -6.44. The standard InChI is InChI=1S/C54H43N/c1-36-33-41(29-31-43(36)51-34-39-17-7-8-20-46(39)47-21-11-12-22-48(47)51)55(42-30-32-50-49-23-13-14-24-52(49)54(2,3)53(50)35-42)40-27-25-38(26-28-40)45-19-10-9-18-44(45)37-15-5-4-6-16-37/h4-32,34-36H,33H2,1-3H3. The van der Waals surface area contributed by atoms with Crippen molar-refractivity contribution in [2.75, 3.05) is 4.90 Å². The highest BCUT2D eigenvalue weighted by Gasteiger charge is 2.36. The van der Waals surface area contributed by atoms with Crippen molar-refractivity contribution in [2.45, 2.75) is 32.6 Å². The zero-order valence-electron chi connectivity index (χ0n) is 31.6. The Morgan fingerprint density at radius 3 is 1.78 bits per heavy atom. The molecule has 0 heterocycles. The van der Waals surface area contributed by atoms with Crippen LogP contribution < -0.4 is 4.90 Å². The van der Waals surface area contributed by atoms with Gasteiger partial charge in [0.1, 0.15) is 0 Å². The molecular weight excluding hydrogens is 663 g/mol. The van der Waals surface area contributed by atoms with Gasteiger partial charge < -0.3 is 4.90 Å². The van der Waals surface area contributed by atoms with Crippen LogP contribution >= 0.6 is 0 Å². The third kappa shape index (κ3) is 5.53. The molecule has 1 heteroatoms. The van der Waals surface area contributed by atoms with E-state index in [1.807, 2.05) is 0 Å². The Morgan fingerprint density at radius 2 is 1.04 bits per heavy atom. The van der Waals surface area contributed by atoms with E-state index < -0.39 is 0 Å². The van der Waals surface area contributed by atoms with Crippen LogP contribution in [0.3, 0.4) is 0 Å². The van der Waals surface area contributed by atoms with E-state index >= 15 is 0 Å². The number of anilines is 2. The summed E-state index contributed by atoms with van der Waals surface area (Å²) in [6.07, 6.45) is 5.70. The first-order chi connectivity index (χ1) is 27.0. The van der Waals surface area contributed by atoms with Crippen molar-refractivity contribution in [3.05, 3.63) is 210 Å². The molecule has 0 saturated heterocycles. The summed E-state index contributed by atoms with van der Waals surface area (Å²) in [5.41, 5.74) is 16.7. The van der Waals surface area contributed by atoms with E-state index in [2.05, 4.69) is 214 Å². The summed E-state index contributed by atoms with van der Waals surface area (Å²) in [5.74, 6) is 0.319. The van der Waals surface area contributed by atoms with Crippen LogP contribution in [0.4, 0.5) is 11.4 Å². The van der Waals surface area contributed by atoms with Gasteiger partial charge in [-0.2, -0.15) is 0 Å². The molecule has 264 valence electrons. The second-order valence-electron chi connectivity index (χ2n) is 15.8. The summed E-state index contributed by atoms with van der Waals surface area (Å²) < 4.78 is 0. The summed E-state index contributed by atoms with van der Waals surface area (Å²) in [6, 6.07) is 64.8. The Labute approximate surface area is 324 Å². The maximum Gasteiger partial charge on any atom is 0.0461 e. The molecule has 0 saturated carbocycles. The van der Waals surface area contributed by atoms with E-state index in [4.69, 9.17) is 0 Å². The molecule has 8 aromatic carbocycles. The Bertz CT molecular complexity index is 2820. The van der Waals surface area contributed by atoms with Gasteiger partial charge in [-0.25, -0.2) is 0 Å². The third-order valence-corrected chi connectivity index (χ3v) is 12.1. The molecule has 0 bridgehead atoms. The quantitative estimate of drug-likeness (QED) is 0.156. The maximum atomic E-state index is 2.51. The summed E-state index contributed by atoms with van der Waals surface area (Å²) in [5, 5.41) is 5.23. The lowest BCUT2D eigenvalue weighted by molar-refractivity contribution is 0.660. The number of benzene rings is 8. The highest BCUT2D eigenvalue weighted by atomic mass is 15.1. The van der Waals surface area contributed by atoms with Crippen LogP contribution in [-0.4, -0.2) is 0 Å². The van der Waals surface area contributed by atoms with Crippen molar-refractivity contribution in [3.8, 4) is 33.4 Å². The SMILES string of the molecule is CC1CC(N(c2ccc(-c3ccccc3-c3ccccc3)cc2)c2ccc3c(c2)C(C)(C)c2ccccc2-3)=CC=C1c1cc2ccccc2c2ccccc12. The lowest BCUT2D eigenvalue weighted by atomic mass is 9.82. The summed E-state index contributed by atoms with van der Waals surface area (Å²) in [6.45, 7) is 7.14. The monoisotopic (exact) mass is 705 g/mol. The largest absolute Gasteiger partial charge is 0.314 e. The van der Waals surface area contributed by atoms with E-state index in [0.717, 1.165) is 6.42 Å². The highest BCUT2D eigenvalue weighted by molar-refractivity contribution is 6.12. The van der Waals surface area contributed by atoms with Crippen LogP contribution in [0.15, 0.2) is 194 Å². The van der Waals surface area contributed by atoms with Gasteiger partial charge in [0.15, 0.2) is 0 Å². The zero-order chi connectivity index (χ0) is 37.1. The highest BCUT2D eigenvalue weighted by Crippen LogP contribution is 2.51. The van der Waals surface area contributed by atoms with Crippen LogP contribution in [0.2, 0.25) is 0 Å². The smallest absolute Gasteiger partial charge is 0.0461 e. The van der Waals surface area contributed by atoms with Crippen molar-refractivity contribution >= 4 is 38.5 Å². The number of hydrogen-bond donors (Lipinski definition) is 0. The lowest BCUT2D eigenvalue weighted by Crippen LogP contribution is -2.22. The van der Waals surface area contributed by atoms with Crippen molar-refractivity contribution in [1.82, 2.24) is 0 Å². The summed E-state index contributed by atoms with van der Waals surface area (Å²) >= 11 is 0. The molecule has 0 amide bonds. The predicted molar refractivity (Wildman–Crippen MR) is 235 cm³/mol. The normalized spacial score (nSPS) is 15.7. The van der Waals surface area contributed by atoms with Gasteiger partial charge in [0.25, 0.3) is 0 Å². The lowest BCUT2D eigenvalue weighted by Gasteiger charge is -2.33. The van der Waals surface area contributed by atoms with Gasteiger partial charge >= 0.3 is 0 Å². The molecule has 0 aliphatic heterocycles. The predicted octanol–water partition coefficient (Wildman–Crippen LogP) is 14.8. The van der Waals surface area contributed by atoms with Crippen LogP contribution in [0, 0.1) is 5.92 Å². The fourth-order valence-corrected chi connectivity index (χ4v) is 9.36. The fraction of sp³-hybridized carbons (Fsp3) is 0.111. The second-order valence-corrected chi connectivity index (χ2v) is 15.8. The van der Waals surface area contributed by atoms with Gasteiger partial charge in [0.05, 0.1) is 0 Å². The number of nitrogens with zero attached hydrogens (tertiary/aromatic N) is 1. The molecule has 55 heavy (non-hydrogen) atoms. The molecule has 8 aromatic rings. The number of fused-ring (bicyclic) bond motifs is 6. The van der Waals surface area contributed by atoms with Gasteiger partial charge in [-0.3, -0.25) is 0 Å². The second kappa shape index (κ2) is 13.1. The van der Waals surface area contributed by atoms with Crippen molar-refractivity contribution in [2.24, 2.45) is 5.92 Å². The molecule has 0 spiro atoms. The molecule has 2 aliphatic rings. The molecule has 10 rings (SSSR count). The number of allylic oxidation sites excluding steroid dienone is 4. The van der Waals surface area contributed by atoms with E-state index in [9.17, 15) is 0 Å². The Morgan fingerprint density at radius 1 is 0.455 bits per heavy atom. The molecule has 0 aromatic heterocycles. The molecule has 2 aliphatic carbocycles. The first kappa shape index (κ1) is 33.2. The first-order valence-electron chi connectivity index (χ1n) is 19.6. The van der Waals surface area contributed by atoms with Crippen LogP contribution in [0.25, 0.3) is 60.5 Å². The van der Waals surface area contributed by atoms with Gasteiger partial charge in [-0.15, -0.1) is 0 Å². The summed E-state index contributed by atoms with van der Waals surface area (Å²) in [4.78, 5) is 2.51. The minimum Gasteiger partial charge on any atom is -0.314 e. The van der Waals surface area contributed by atoms with E-state index in [1.54, 1.807) is 0 Å². The topological polar surface area (TPSA) is 3.24 Å². The molecule has 1 atom stereocenters. The van der Waals surface area contributed by atoms with Crippen LogP contribution in [0.1, 0.15) is 43.9 Å². The average molecular weight is 706 g/mol. The minimum atomic E-state index is -0.0862. The zero-order valence-corrected chi connectivity index (χ0v) is 31.6. The molecule has 0 radical (unpaired) electrons. The molecule has 1 unspecified atom stereocenters. The molecule has 1 nitrogen and oxygen atoms in total. The van der Waals surface area contributed by atoms with Gasteiger partial charge in [-0.05, 0) is 126 Å². The fourth-order valence-electron chi connectivity index (χ4n) is 9.36. The third-order valence-electron chi connectivity index (χ3n) is 12.1. The van der Waals surface area contributed by atoms with Gasteiger partial charge in [0.2, 0.25) is 0 Å². The number of hydrogen-bond acceptors (Lipinski definition) is 1. The summed E-state index contributed by atoms with van der Waals surface area (Å²) in [7, 11) is 0. The van der Waals surface area contributed by atoms with E-state index in [1.165, 1.54) is 94.3 Å². The van der Waals surface area contributed by atoms with E-state index in [0.29, 0.717) is 5.92 Å². The van der Waals surface area contributed by atoms with Crippen molar-refractivity contribution in [3.63, 3.8) is 0 Å². The number of rotatable bonds is 6. The van der Waals surface area contributed by atoms with Crippen LogP contribution in [-0.2, 0) is 5.41 Å². The van der Waals surface area contributed by atoms with Crippen molar-refractivity contribution < 1.29 is 0 Å². The van der Waals surface area contributed by atoms with Gasteiger partial charge in [-0.1, -0.05) is 172 Å². The average Bonchev–Trinajstić information content (AvgIpc) is 3.47. The Kier molecular flexibility index (Phi) is 7.92. The first-order valence-corrected chi connectivity index (χ1v) is 19.6. The minimum absolute atomic E-state index is 0.0862.